The standard InChI is InChI=1S/C11H13FN2O2.ClH/c12-10-7-16-6-5-14(10)9-4-2-1-3-8(9)11(13)15;/h1-4,10H,5-7H2,(H2,13,15);1H. The van der Waals surface area contributed by atoms with E-state index in [9.17, 15) is 9.18 Å². The summed E-state index contributed by atoms with van der Waals surface area (Å²) in [6, 6.07) is 6.75. The van der Waals surface area contributed by atoms with Crippen LogP contribution in [0.25, 0.3) is 0 Å². The largest absolute Gasteiger partial charge is 0.375 e. The third-order valence-corrected chi connectivity index (χ3v) is 2.55. The molecule has 2 N–H and O–H groups in total. The lowest BCUT2D eigenvalue weighted by molar-refractivity contribution is 0.0495. The van der Waals surface area contributed by atoms with E-state index in [0.29, 0.717) is 24.4 Å². The third kappa shape index (κ3) is 2.87. The number of nitrogens with zero attached hydrogens (tertiary/aromatic N) is 1. The lowest BCUT2D eigenvalue weighted by Gasteiger charge is -2.33. The number of anilines is 1. The molecule has 17 heavy (non-hydrogen) atoms. The van der Waals surface area contributed by atoms with E-state index in [4.69, 9.17) is 10.5 Å². The van der Waals surface area contributed by atoms with E-state index in [2.05, 4.69) is 0 Å². The van der Waals surface area contributed by atoms with Crippen LogP contribution in [0.5, 0.6) is 0 Å². The number of morpholine rings is 1. The molecular formula is C11H14ClFN2O2. The Bertz CT molecular complexity index is 403. The van der Waals surface area contributed by atoms with Gasteiger partial charge in [-0.2, -0.15) is 0 Å². The van der Waals surface area contributed by atoms with E-state index in [1.54, 1.807) is 24.3 Å². The molecule has 4 nitrogen and oxygen atoms in total. The van der Waals surface area contributed by atoms with Crippen molar-refractivity contribution in [3.63, 3.8) is 0 Å². The van der Waals surface area contributed by atoms with Gasteiger partial charge in [-0.25, -0.2) is 4.39 Å². The maximum atomic E-state index is 13.6. The number of alkyl halides is 1. The monoisotopic (exact) mass is 260 g/mol. The first-order chi connectivity index (χ1) is 7.70. The van der Waals surface area contributed by atoms with Crippen molar-refractivity contribution in [1.29, 1.82) is 0 Å². The van der Waals surface area contributed by atoms with Crippen molar-refractivity contribution in [3.05, 3.63) is 29.8 Å². The van der Waals surface area contributed by atoms with Crippen LogP contribution in [0.15, 0.2) is 24.3 Å². The lowest BCUT2D eigenvalue weighted by atomic mass is 10.1. The molecule has 1 aromatic rings. The van der Waals surface area contributed by atoms with Crippen molar-refractivity contribution in [2.45, 2.75) is 6.30 Å². The van der Waals surface area contributed by atoms with E-state index < -0.39 is 12.2 Å². The number of hydrogen-bond donors (Lipinski definition) is 1. The predicted molar refractivity (Wildman–Crippen MR) is 65.3 cm³/mol. The molecule has 0 aromatic heterocycles. The van der Waals surface area contributed by atoms with Crippen LogP contribution in [0.2, 0.25) is 0 Å². The molecule has 1 atom stereocenters. The van der Waals surface area contributed by atoms with Crippen molar-refractivity contribution in [3.8, 4) is 0 Å². The number of halogens is 2. The minimum absolute atomic E-state index is 0. The Kier molecular flexibility index (Phi) is 4.72. The van der Waals surface area contributed by atoms with Gasteiger partial charge in [0, 0.05) is 6.54 Å². The lowest BCUT2D eigenvalue weighted by Crippen LogP contribution is -2.43. The Labute approximate surface area is 105 Å². The first-order valence-electron chi connectivity index (χ1n) is 5.07. The van der Waals surface area contributed by atoms with Crippen LogP contribution < -0.4 is 10.6 Å². The minimum atomic E-state index is -1.23. The summed E-state index contributed by atoms with van der Waals surface area (Å²) >= 11 is 0. The van der Waals surface area contributed by atoms with Crippen LogP contribution in [0, 0.1) is 0 Å². The number of para-hydroxylation sites is 1. The van der Waals surface area contributed by atoms with E-state index in [0.717, 1.165) is 0 Å². The van der Waals surface area contributed by atoms with Crippen LogP contribution in [0.3, 0.4) is 0 Å². The molecule has 1 amide bonds. The number of carbonyl (C=O) groups is 1. The maximum Gasteiger partial charge on any atom is 0.250 e. The number of primary amides is 1. The van der Waals surface area contributed by atoms with Gasteiger partial charge >= 0.3 is 0 Å². The third-order valence-electron chi connectivity index (χ3n) is 2.55. The van der Waals surface area contributed by atoms with Crippen LogP contribution in [-0.4, -0.2) is 32.0 Å². The maximum absolute atomic E-state index is 13.6. The highest BCUT2D eigenvalue weighted by Crippen LogP contribution is 2.24. The van der Waals surface area contributed by atoms with Gasteiger partial charge in [0.25, 0.3) is 5.91 Å². The highest BCUT2D eigenvalue weighted by Gasteiger charge is 2.25. The van der Waals surface area contributed by atoms with E-state index in [-0.39, 0.29) is 19.0 Å². The predicted octanol–water partition coefficient (Wildman–Crippen LogP) is 1.34. The van der Waals surface area contributed by atoms with Crippen molar-refractivity contribution >= 4 is 24.0 Å². The zero-order valence-electron chi connectivity index (χ0n) is 9.14. The van der Waals surface area contributed by atoms with Crippen LogP contribution in [-0.2, 0) is 4.74 Å². The summed E-state index contributed by atoms with van der Waals surface area (Å²) < 4.78 is 18.6. The molecule has 2 rings (SSSR count). The zero-order chi connectivity index (χ0) is 11.5. The van der Waals surface area contributed by atoms with Crippen LogP contribution in [0.1, 0.15) is 10.4 Å². The molecule has 6 heteroatoms. The second-order valence-corrected chi connectivity index (χ2v) is 3.58. The van der Waals surface area contributed by atoms with Gasteiger partial charge in [-0.05, 0) is 12.1 Å². The van der Waals surface area contributed by atoms with Gasteiger partial charge in [0.2, 0.25) is 0 Å². The summed E-state index contributed by atoms with van der Waals surface area (Å²) in [6.45, 7) is 0.895. The molecule has 0 radical (unpaired) electrons. The molecule has 1 fully saturated rings. The topological polar surface area (TPSA) is 55.6 Å². The molecule has 1 unspecified atom stereocenters. The second-order valence-electron chi connectivity index (χ2n) is 3.58. The van der Waals surface area contributed by atoms with E-state index in [1.807, 2.05) is 0 Å². The highest BCUT2D eigenvalue weighted by atomic mass is 35.5. The molecule has 1 saturated heterocycles. The second kappa shape index (κ2) is 5.84. The fourth-order valence-electron chi connectivity index (χ4n) is 1.78. The molecule has 0 saturated carbocycles. The fraction of sp³-hybridized carbons (Fsp3) is 0.364. The zero-order valence-corrected chi connectivity index (χ0v) is 9.95. The Morgan fingerprint density at radius 2 is 2.18 bits per heavy atom. The number of amides is 1. The fourth-order valence-corrected chi connectivity index (χ4v) is 1.78. The number of ether oxygens (including phenoxy) is 1. The quantitative estimate of drug-likeness (QED) is 0.817. The molecule has 1 aliphatic heterocycles. The summed E-state index contributed by atoms with van der Waals surface area (Å²) in [4.78, 5) is 12.7. The van der Waals surface area contributed by atoms with Crippen molar-refractivity contribution < 1.29 is 13.9 Å². The van der Waals surface area contributed by atoms with Gasteiger partial charge in [-0.1, -0.05) is 12.1 Å². The molecule has 0 aliphatic carbocycles. The Hall–Kier alpha value is -1.33. The molecule has 1 aromatic carbocycles. The van der Waals surface area contributed by atoms with Crippen LogP contribution >= 0.6 is 12.4 Å². The summed E-state index contributed by atoms with van der Waals surface area (Å²) in [7, 11) is 0. The first kappa shape index (κ1) is 13.7. The van der Waals surface area contributed by atoms with Crippen molar-refractivity contribution in [2.24, 2.45) is 5.73 Å². The Morgan fingerprint density at radius 1 is 1.47 bits per heavy atom. The van der Waals surface area contributed by atoms with Gasteiger partial charge < -0.3 is 15.4 Å². The normalized spacial score (nSPS) is 19.6. The van der Waals surface area contributed by atoms with Gasteiger partial charge in [0.05, 0.1) is 24.5 Å². The number of hydrogen-bond acceptors (Lipinski definition) is 3. The number of benzene rings is 1. The average Bonchev–Trinajstić information content (AvgIpc) is 2.29. The number of rotatable bonds is 2. The van der Waals surface area contributed by atoms with Gasteiger partial charge in [0.15, 0.2) is 6.30 Å². The first-order valence-corrected chi connectivity index (χ1v) is 5.07. The summed E-state index contributed by atoms with van der Waals surface area (Å²) in [6.07, 6.45) is -1.23. The molecule has 0 spiro atoms. The molecule has 1 heterocycles. The summed E-state index contributed by atoms with van der Waals surface area (Å²) in [5, 5.41) is 0. The van der Waals surface area contributed by atoms with E-state index >= 15 is 0 Å². The van der Waals surface area contributed by atoms with Crippen molar-refractivity contribution in [2.75, 3.05) is 24.7 Å². The molecule has 0 bridgehead atoms. The molecule has 1 aliphatic rings. The minimum Gasteiger partial charge on any atom is -0.375 e. The summed E-state index contributed by atoms with van der Waals surface area (Å²) in [5.41, 5.74) is 6.12. The molecule has 94 valence electrons. The Balaban J connectivity index is 0.00000144. The molecular weight excluding hydrogens is 247 g/mol. The van der Waals surface area contributed by atoms with Gasteiger partial charge in [-0.3, -0.25) is 4.79 Å². The van der Waals surface area contributed by atoms with Gasteiger partial charge in [-0.15, -0.1) is 12.4 Å². The Morgan fingerprint density at radius 3 is 2.82 bits per heavy atom. The average molecular weight is 261 g/mol. The van der Waals surface area contributed by atoms with E-state index in [1.165, 1.54) is 4.90 Å². The smallest absolute Gasteiger partial charge is 0.250 e. The van der Waals surface area contributed by atoms with Gasteiger partial charge in [0.1, 0.15) is 0 Å². The van der Waals surface area contributed by atoms with Crippen LogP contribution in [0.4, 0.5) is 10.1 Å². The number of nitrogens with two attached hydrogens (primary N) is 1. The SMILES string of the molecule is Cl.NC(=O)c1ccccc1N1CCOCC1F. The van der Waals surface area contributed by atoms with Crippen molar-refractivity contribution in [1.82, 2.24) is 0 Å². The summed E-state index contributed by atoms with van der Waals surface area (Å²) in [5.74, 6) is -0.547. The highest BCUT2D eigenvalue weighted by molar-refractivity contribution is 5.98. The number of carbonyl (C=O) groups excluding carboxylic acids is 1.